The lowest BCUT2D eigenvalue weighted by atomic mass is 9.98. The van der Waals surface area contributed by atoms with Crippen molar-refractivity contribution in [3.05, 3.63) is 0 Å². The average Bonchev–Trinajstić information content (AvgIpc) is 2.88. The molecule has 2 heterocycles. The highest BCUT2D eigenvalue weighted by Crippen LogP contribution is 2.18. The molecule has 2 aliphatic heterocycles. The number of rotatable bonds is 5. The fourth-order valence-electron chi connectivity index (χ4n) is 2.98. The molecule has 0 aromatic rings. The molecule has 0 spiro atoms. The van der Waals surface area contributed by atoms with Crippen molar-refractivity contribution in [2.75, 3.05) is 19.8 Å². The maximum Gasteiger partial charge on any atom is 0.0509 e. The summed E-state index contributed by atoms with van der Waals surface area (Å²) >= 11 is 0. The van der Waals surface area contributed by atoms with E-state index in [1.54, 1.807) is 0 Å². The Morgan fingerprint density at radius 1 is 1.38 bits per heavy atom. The molecule has 2 aliphatic rings. The summed E-state index contributed by atoms with van der Waals surface area (Å²) in [5.41, 5.74) is 0. The third-order valence-corrected chi connectivity index (χ3v) is 4.02. The Labute approximate surface area is 99.3 Å². The molecule has 0 radical (unpaired) electrons. The van der Waals surface area contributed by atoms with Gasteiger partial charge in [-0.2, -0.15) is 0 Å². The van der Waals surface area contributed by atoms with Gasteiger partial charge in [-0.25, -0.2) is 0 Å². The minimum atomic E-state index is 0.596. The Balaban J connectivity index is 1.66. The van der Waals surface area contributed by atoms with Crippen LogP contribution in [0.1, 0.15) is 39.5 Å². The Bertz CT molecular complexity index is 198. The summed E-state index contributed by atoms with van der Waals surface area (Å²) in [7, 11) is 0. The van der Waals surface area contributed by atoms with Crippen LogP contribution in [0.2, 0.25) is 0 Å². The lowest BCUT2D eigenvalue weighted by Gasteiger charge is -2.25. The monoisotopic (exact) mass is 226 g/mol. The average molecular weight is 226 g/mol. The molecular formula is C13H26N2O. The highest BCUT2D eigenvalue weighted by molar-refractivity contribution is 4.82. The summed E-state index contributed by atoms with van der Waals surface area (Å²) in [6.45, 7) is 7.73. The minimum absolute atomic E-state index is 0.596. The quantitative estimate of drug-likeness (QED) is 0.746. The highest BCUT2D eigenvalue weighted by atomic mass is 16.5. The molecule has 2 N–H and O–H groups in total. The maximum absolute atomic E-state index is 5.44. The summed E-state index contributed by atoms with van der Waals surface area (Å²) in [6.07, 6.45) is 5.19. The van der Waals surface area contributed by atoms with Gasteiger partial charge in [-0.15, -0.1) is 0 Å². The first-order valence-electron chi connectivity index (χ1n) is 6.83. The van der Waals surface area contributed by atoms with Gasteiger partial charge in [0.2, 0.25) is 0 Å². The molecule has 0 saturated carbocycles. The van der Waals surface area contributed by atoms with Gasteiger partial charge in [-0.05, 0) is 52.0 Å². The summed E-state index contributed by atoms with van der Waals surface area (Å²) in [6, 6.07) is 1.96. The Kier molecular flexibility index (Phi) is 4.62. The first-order chi connectivity index (χ1) is 7.75. The first-order valence-corrected chi connectivity index (χ1v) is 6.83. The van der Waals surface area contributed by atoms with E-state index >= 15 is 0 Å². The zero-order valence-electron chi connectivity index (χ0n) is 10.7. The number of hydrogen-bond donors (Lipinski definition) is 2. The summed E-state index contributed by atoms with van der Waals surface area (Å²) in [5, 5.41) is 7.29. The molecule has 2 saturated heterocycles. The van der Waals surface area contributed by atoms with Gasteiger partial charge >= 0.3 is 0 Å². The van der Waals surface area contributed by atoms with Crippen molar-refractivity contribution in [2.45, 2.75) is 57.7 Å². The van der Waals surface area contributed by atoms with E-state index in [0.717, 1.165) is 25.2 Å². The molecule has 0 aromatic carbocycles. The molecule has 0 aromatic heterocycles. The van der Waals surface area contributed by atoms with Crippen molar-refractivity contribution in [1.29, 1.82) is 0 Å². The van der Waals surface area contributed by atoms with Crippen LogP contribution in [0.4, 0.5) is 0 Å². The zero-order chi connectivity index (χ0) is 11.4. The van der Waals surface area contributed by atoms with Gasteiger partial charge < -0.3 is 15.4 Å². The van der Waals surface area contributed by atoms with E-state index in [2.05, 4.69) is 24.5 Å². The second kappa shape index (κ2) is 5.99. The third kappa shape index (κ3) is 3.44. The molecule has 3 heteroatoms. The zero-order valence-corrected chi connectivity index (χ0v) is 10.7. The number of ether oxygens (including phenoxy) is 1. The Morgan fingerprint density at radius 2 is 2.25 bits per heavy atom. The largest absolute Gasteiger partial charge is 0.381 e. The van der Waals surface area contributed by atoms with Gasteiger partial charge in [-0.3, -0.25) is 0 Å². The molecule has 0 aliphatic carbocycles. The summed E-state index contributed by atoms with van der Waals surface area (Å²) in [4.78, 5) is 0. The van der Waals surface area contributed by atoms with Crippen molar-refractivity contribution in [3.63, 3.8) is 0 Å². The molecule has 4 atom stereocenters. The predicted molar refractivity (Wildman–Crippen MR) is 66.6 cm³/mol. The van der Waals surface area contributed by atoms with Crippen LogP contribution in [-0.4, -0.2) is 37.9 Å². The molecule has 3 nitrogen and oxygen atoms in total. The van der Waals surface area contributed by atoms with Crippen LogP contribution in [0.25, 0.3) is 0 Å². The van der Waals surface area contributed by atoms with Crippen LogP contribution in [0.15, 0.2) is 0 Å². The van der Waals surface area contributed by atoms with E-state index in [9.17, 15) is 0 Å². The molecule has 16 heavy (non-hydrogen) atoms. The highest BCUT2D eigenvalue weighted by Gasteiger charge is 2.24. The Hall–Kier alpha value is -0.120. The van der Waals surface area contributed by atoms with Crippen molar-refractivity contribution in [3.8, 4) is 0 Å². The number of nitrogens with one attached hydrogen (secondary N) is 2. The van der Waals surface area contributed by atoms with Crippen LogP contribution in [0.3, 0.4) is 0 Å². The normalized spacial score (nSPS) is 34.1. The van der Waals surface area contributed by atoms with Gasteiger partial charge in [0.15, 0.2) is 0 Å². The van der Waals surface area contributed by atoms with Crippen LogP contribution >= 0.6 is 0 Å². The topological polar surface area (TPSA) is 33.3 Å². The number of hydrogen-bond acceptors (Lipinski definition) is 3. The van der Waals surface area contributed by atoms with Gasteiger partial charge in [0, 0.05) is 24.7 Å². The van der Waals surface area contributed by atoms with E-state index in [-0.39, 0.29) is 0 Å². The van der Waals surface area contributed by atoms with E-state index in [0.29, 0.717) is 12.1 Å². The minimum Gasteiger partial charge on any atom is -0.381 e. The lowest BCUT2D eigenvalue weighted by Crippen LogP contribution is -2.42. The molecule has 0 bridgehead atoms. The third-order valence-electron chi connectivity index (χ3n) is 4.02. The van der Waals surface area contributed by atoms with Crippen molar-refractivity contribution in [2.24, 2.45) is 5.92 Å². The molecule has 0 amide bonds. The van der Waals surface area contributed by atoms with Crippen LogP contribution in [0, 0.1) is 5.92 Å². The fraction of sp³-hybridized carbons (Fsp3) is 1.00. The predicted octanol–water partition coefficient (Wildman–Crippen LogP) is 1.53. The van der Waals surface area contributed by atoms with Gasteiger partial charge in [-0.1, -0.05) is 0 Å². The molecular weight excluding hydrogens is 200 g/mol. The molecule has 94 valence electrons. The summed E-state index contributed by atoms with van der Waals surface area (Å²) in [5.74, 6) is 0.721. The lowest BCUT2D eigenvalue weighted by molar-refractivity contribution is 0.176. The van der Waals surface area contributed by atoms with Crippen molar-refractivity contribution >= 4 is 0 Å². The van der Waals surface area contributed by atoms with Gasteiger partial charge in [0.05, 0.1) is 6.61 Å². The van der Waals surface area contributed by atoms with Crippen molar-refractivity contribution < 1.29 is 4.74 Å². The van der Waals surface area contributed by atoms with Gasteiger partial charge in [0.1, 0.15) is 0 Å². The summed E-state index contributed by atoms with van der Waals surface area (Å²) < 4.78 is 5.44. The van der Waals surface area contributed by atoms with Crippen LogP contribution in [-0.2, 0) is 4.74 Å². The fourth-order valence-corrected chi connectivity index (χ4v) is 2.98. The maximum atomic E-state index is 5.44. The second-order valence-corrected chi connectivity index (χ2v) is 5.51. The standard InChI is InChI=1S/C13H26N2O/c1-10(8-13-4-3-6-14-13)15-11(2)12-5-7-16-9-12/h10-15H,3-9H2,1-2H3. The van der Waals surface area contributed by atoms with Crippen LogP contribution < -0.4 is 10.6 Å². The van der Waals surface area contributed by atoms with E-state index < -0.39 is 0 Å². The van der Waals surface area contributed by atoms with E-state index in [1.807, 2.05) is 0 Å². The molecule has 4 unspecified atom stereocenters. The van der Waals surface area contributed by atoms with E-state index in [4.69, 9.17) is 4.74 Å². The smallest absolute Gasteiger partial charge is 0.0509 e. The van der Waals surface area contributed by atoms with Crippen LogP contribution in [0.5, 0.6) is 0 Å². The van der Waals surface area contributed by atoms with Crippen molar-refractivity contribution in [1.82, 2.24) is 10.6 Å². The van der Waals surface area contributed by atoms with E-state index in [1.165, 1.54) is 32.2 Å². The molecule has 2 fully saturated rings. The second-order valence-electron chi connectivity index (χ2n) is 5.51. The first kappa shape index (κ1) is 12.3. The molecule has 2 rings (SSSR count). The van der Waals surface area contributed by atoms with Gasteiger partial charge in [0.25, 0.3) is 0 Å². The Morgan fingerprint density at radius 3 is 2.88 bits per heavy atom. The SMILES string of the molecule is CC(CC1CCCN1)NC(C)C1CCOC1.